The van der Waals surface area contributed by atoms with Crippen LogP contribution in [0.2, 0.25) is 0 Å². The Morgan fingerprint density at radius 3 is 2.81 bits per heavy atom. The van der Waals surface area contributed by atoms with E-state index in [2.05, 4.69) is 26.1 Å². The fourth-order valence-corrected chi connectivity index (χ4v) is 5.57. The highest BCUT2D eigenvalue weighted by molar-refractivity contribution is 7.11. The van der Waals surface area contributed by atoms with Crippen LogP contribution in [0.3, 0.4) is 0 Å². The van der Waals surface area contributed by atoms with Gasteiger partial charge < -0.3 is 5.32 Å². The van der Waals surface area contributed by atoms with Gasteiger partial charge >= 0.3 is 0 Å². The van der Waals surface area contributed by atoms with Crippen LogP contribution in [0, 0.1) is 11.8 Å². The number of nitrogens with zero attached hydrogens (tertiary/aromatic N) is 1. The molecule has 0 amide bonds. The summed E-state index contributed by atoms with van der Waals surface area (Å²) in [5, 5.41) is 5.26. The smallest absolute Gasteiger partial charge is 0.113 e. The third kappa shape index (κ3) is 3.05. The summed E-state index contributed by atoms with van der Waals surface area (Å²) < 4.78 is 0. The summed E-state index contributed by atoms with van der Waals surface area (Å²) in [6.45, 7) is 8.07. The van der Waals surface area contributed by atoms with Crippen LogP contribution in [0.4, 0.5) is 0 Å². The van der Waals surface area contributed by atoms with Crippen molar-refractivity contribution in [3.63, 3.8) is 0 Å². The SMILES string of the molecule is CCNC1(c2nc3c(s2)CCCC3)CCCC(C(C)C)C1. The lowest BCUT2D eigenvalue weighted by Crippen LogP contribution is -2.46. The summed E-state index contributed by atoms with van der Waals surface area (Å²) in [5.74, 6) is 1.64. The van der Waals surface area contributed by atoms with E-state index in [1.54, 1.807) is 4.88 Å². The van der Waals surface area contributed by atoms with Crippen molar-refractivity contribution in [2.75, 3.05) is 6.54 Å². The highest BCUT2D eigenvalue weighted by Gasteiger charge is 2.41. The molecule has 0 bridgehead atoms. The molecule has 2 unspecified atom stereocenters. The van der Waals surface area contributed by atoms with E-state index >= 15 is 0 Å². The molecule has 1 heterocycles. The summed E-state index contributed by atoms with van der Waals surface area (Å²) in [5.41, 5.74) is 1.59. The second-order valence-electron chi connectivity index (χ2n) is 7.31. The van der Waals surface area contributed by atoms with E-state index in [0.29, 0.717) is 0 Å². The summed E-state index contributed by atoms with van der Waals surface area (Å²) in [4.78, 5) is 6.70. The van der Waals surface area contributed by atoms with E-state index in [9.17, 15) is 0 Å². The molecular weight excluding hydrogens is 276 g/mol. The second-order valence-corrected chi connectivity index (χ2v) is 8.39. The second kappa shape index (κ2) is 6.37. The fraction of sp³-hybridized carbons (Fsp3) is 0.833. The molecule has 0 spiro atoms. The average Bonchev–Trinajstić information content (AvgIpc) is 2.92. The number of hydrogen-bond acceptors (Lipinski definition) is 3. The molecule has 0 radical (unpaired) electrons. The normalized spacial score (nSPS) is 29.6. The summed E-state index contributed by atoms with van der Waals surface area (Å²) in [6.07, 6.45) is 10.5. The van der Waals surface area contributed by atoms with Crippen LogP contribution in [0.5, 0.6) is 0 Å². The quantitative estimate of drug-likeness (QED) is 0.874. The lowest BCUT2D eigenvalue weighted by molar-refractivity contribution is 0.149. The Kier molecular flexibility index (Phi) is 4.70. The minimum Gasteiger partial charge on any atom is -0.306 e. The number of thiazole rings is 1. The molecule has 1 N–H and O–H groups in total. The number of aromatic nitrogens is 1. The van der Waals surface area contributed by atoms with Crippen molar-refractivity contribution in [2.45, 2.75) is 77.7 Å². The molecule has 0 aliphatic heterocycles. The number of aryl methyl sites for hydroxylation is 2. The van der Waals surface area contributed by atoms with Crippen molar-refractivity contribution in [1.29, 1.82) is 0 Å². The first-order valence-corrected chi connectivity index (χ1v) is 9.70. The van der Waals surface area contributed by atoms with E-state index in [1.165, 1.54) is 62.1 Å². The zero-order chi connectivity index (χ0) is 14.9. The predicted molar refractivity (Wildman–Crippen MR) is 90.9 cm³/mol. The van der Waals surface area contributed by atoms with Gasteiger partial charge in [-0.1, -0.05) is 33.6 Å². The molecule has 2 aliphatic carbocycles. The average molecular weight is 307 g/mol. The first-order chi connectivity index (χ1) is 10.1. The number of hydrogen-bond donors (Lipinski definition) is 1. The van der Waals surface area contributed by atoms with E-state index in [4.69, 9.17) is 4.98 Å². The number of rotatable bonds is 4. The molecule has 2 aliphatic rings. The van der Waals surface area contributed by atoms with Gasteiger partial charge in [0.1, 0.15) is 5.01 Å². The molecule has 0 saturated heterocycles. The Morgan fingerprint density at radius 2 is 2.10 bits per heavy atom. The molecule has 1 fully saturated rings. The monoisotopic (exact) mass is 306 g/mol. The van der Waals surface area contributed by atoms with Gasteiger partial charge in [0.15, 0.2) is 0 Å². The molecule has 1 aromatic rings. The maximum atomic E-state index is 5.12. The Morgan fingerprint density at radius 1 is 1.29 bits per heavy atom. The molecular formula is C18H30N2S. The van der Waals surface area contributed by atoms with Crippen molar-refractivity contribution >= 4 is 11.3 Å². The molecule has 118 valence electrons. The zero-order valence-electron chi connectivity index (χ0n) is 13.9. The number of nitrogens with one attached hydrogen (secondary N) is 1. The summed E-state index contributed by atoms with van der Waals surface area (Å²) >= 11 is 2.02. The predicted octanol–water partition coefficient (Wildman–Crippen LogP) is 4.67. The minimum absolute atomic E-state index is 0.171. The molecule has 1 saturated carbocycles. The van der Waals surface area contributed by atoms with Crippen LogP contribution in [-0.4, -0.2) is 11.5 Å². The lowest BCUT2D eigenvalue weighted by atomic mass is 9.72. The van der Waals surface area contributed by atoms with Crippen molar-refractivity contribution in [3.8, 4) is 0 Å². The van der Waals surface area contributed by atoms with Crippen LogP contribution < -0.4 is 5.32 Å². The van der Waals surface area contributed by atoms with Gasteiger partial charge in [-0.25, -0.2) is 4.98 Å². The van der Waals surface area contributed by atoms with Gasteiger partial charge in [0.25, 0.3) is 0 Å². The zero-order valence-corrected chi connectivity index (χ0v) is 14.7. The van der Waals surface area contributed by atoms with Gasteiger partial charge in [0.2, 0.25) is 0 Å². The van der Waals surface area contributed by atoms with E-state index in [-0.39, 0.29) is 5.54 Å². The first-order valence-electron chi connectivity index (χ1n) is 8.88. The van der Waals surface area contributed by atoms with E-state index < -0.39 is 0 Å². The highest BCUT2D eigenvalue weighted by Crippen LogP contribution is 2.45. The largest absolute Gasteiger partial charge is 0.306 e. The van der Waals surface area contributed by atoms with Gasteiger partial charge in [-0.05, 0) is 56.9 Å². The molecule has 1 aromatic heterocycles. The summed E-state index contributed by atoms with van der Waals surface area (Å²) in [7, 11) is 0. The maximum Gasteiger partial charge on any atom is 0.113 e. The Balaban J connectivity index is 1.90. The van der Waals surface area contributed by atoms with Crippen molar-refractivity contribution in [2.24, 2.45) is 11.8 Å². The fourth-order valence-electron chi connectivity index (χ4n) is 4.21. The highest BCUT2D eigenvalue weighted by atomic mass is 32.1. The van der Waals surface area contributed by atoms with Crippen LogP contribution in [0.1, 0.15) is 74.9 Å². The maximum absolute atomic E-state index is 5.12. The van der Waals surface area contributed by atoms with Gasteiger partial charge in [-0.2, -0.15) is 0 Å². The van der Waals surface area contributed by atoms with Gasteiger partial charge in [-0.15, -0.1) is 11.3 Å². The Labute approximate surface area is 133 Å². The van der Waals surface area contributed by atoms with Crippen molar-refractivity contribution in [3.05, 3.63) is 15.6 Å². The topological polar surface area (TPSA) is 24.9 Å². The first kappa shape index (κ1) is 15.5. The summed E-state index contributed by atoms with van der Waals surface area (Å²) in [6, 6.07) is 0. The van der Waals surface area contributed by atoms with Crippen LogP contribution >= 0.6 is 11.3 Å². The van der Waals surface area contributed by atoms with Gasteiger partial charge in [-0.3, -0.25) is 0 Å². The van der Waals surface area contributed by atoms with Gasteiger partial charge in [0, 0.05) is 4.88 Å². The molecule has 0 aromatic carbocycles. The standard InChI is InChI=1S/C18H30N2S/c1-4-19-18(11-7-8-14(12-18)13(2)3)17-20-15-9-5-6-10-16(15)21-17/h13-14,19H,4-12H2,1-3H3. The van der Waals surface area contributed by atoms with Crippen LogP contribution in [0.15, 0.2) is 0 Å². The lowest BCUT2D eigenvalue weighted by Gasteiger charge is -2.41. The van der Waals surface area contributed by atoms with Crippen molar-refractivity contribution < 1.29 is 0 Å². The Hall–Kier alpha value is -0.410. The molecule has 2 atom stereocenters. The third-order valence-corrected chi connectivity index (χ3v) is 6.86. The number of fused-ring (bicyclic) bond motifs is 1. The van der Waals surface area contributed by atoms with Crippen LogP contribution in [-0.2, 0) is 18.4 Å². The molecule has 21 heavy (non-hydrogen) atoms. The van der Waals surface area contributed by atoms with Crippen LogP contribution in [0.25, 0.3) is 0 Å². The molecule has 3 heteroatoms. The minimum atomic E-state index is 0.171. The van der Waals surface area contributed by atoms with E-state index in [0.717, 1.165) is 18.4 Å². The van der Waals surface area contributed by atoms with Crippen molar-refractivity contribution in [1.82, 2.24) is 10.3 Å². The Bertz CT molecular complexity index is 452. The van der Waals surface area contributed by atoms with Gasteiger partial charge in [0.05, 0.1) is 11.2 Å². The third-order valence-electron chi connectivity index (χ3n) is 5.50. The molecule has 3 rings (SSSR count). The van der Waals surface area contributed by atoms with E-state index in [1.807, 2.05) is 11.3 Å². The molecule has 2 nitrogen and oxygen atoms in total.